The highest BCUT2D eigenvalue weighted by Gasteiger charge is 2.34. The Morgan fingerprint density at radius 2 is 1.82 bits per heavy atom. The number of fused-ring (bicyclic) bond motifs is 1. The highest BCUT2D eigenvalue weighted by molar-refractivity contribution is 8.93. The Balaban J connectivity index is 0.00000128. The summed E-state index contributed by atoms with van der Waals surface area (Å²) in [5.74, 6) is 3.40. The molecule has 0 fully saturated rings. The maximum atomic E-state index is 2.58. The van der Waals surface area contributed by atoms with E-state index in [1.165, 1.54) is 19.3 Å². The molecule has 2 aliphatic rings. The van der Waals surface area contributed by atoms with E-state index in [1.807, 2.05) is 0 Å². The second kappa shape index (κ2) is 7.13. The summed E-state index contributed by atoms with van der Waals surface area (Å²) in [4.78, 5) is 0. The molecule has 0 bridgehead atoms. The highest BCUT2D eigenvalue weighted by atomic mass is 79.9. The number of halogens is 2. The van der Waals surface area contributed by atoms with E-state index < -0.39 is 0 Å². The van der Waals surface area contributed by atoms with Gasteiger partial charge in [0.1, 0.15) is 0 Å². The van der Waals surface area contributed by atoms with Crippen molar-refractivity contribution in [1.29, 1.82) is 0 Å². The zero-order valence-electron chi connectivity index (χ0n) is 11.4. The molecule has 100 valence electrons. The van der Waals surface area contributed by atoms with E-state index in [9.17, 15) is 0 Å². The number of rotatable bonds is 1. The average molecular weight is 366 g/mol. The fourth-order valence-corrected chi connectivity index (χ4v) is 3.40. The number of allylic oxidation sites excluding steroid dienone is 4. The van der Waals surface area contributed by atoms with Crippen molar-refractivity contribution < 1.29 is 0 Å². The van der Waals surface area contributed by atoms with Gasteiger partial charge >= 0.3 is 0 Å². The molecule has 0 radical (unpaired) electrons. The highest BCUT2D eigenvalue weighted by Crippen LogP contribution is 2.45. The Morgan fingerprint density at radius 3 is 2.41 bits per heavy atom. The van der Waals surface area contributed by atoms with E-state index >= 15 is 0 Å². The Labute approximate surface area is 127 Å². The van der Waals surface area contributed by atoms with Crippen LogP contribution in [-0.2, 0) is 0 Å². The summed E-state index contributed by atoms with van der Waals surface area (Å²) in [5.41, 5.74) is 3.28. The van der Waals surface area contributed by atoms with Gasteiger partial charge in [-0.3, -0.25) is 0 Å². The summed E-state index contributed by atoms with van der Waals surface area (Å²) < 4.78 is 0. The van der Waals surface area contributed by atoms with E-state index in [2.05, 4.69) is 39.8 Å². The van der Waals surface area contributed by atoms with Gasteiger partial charge in [0.2, 0.25) is 0 Å². The third-order valence-electron chi connectivity index (χ3n) is 4.44. The molecule has 0 saturated heterocycles. The van der Waals surface area contributed by atoms with Crippen molar-refractivity contribution >= 4 is 34.0 Å². The van der Waals surface area contributed by atoms with Crippen LogP contribution < -0.4 is 0 Å². The fourth-order valence-electron chi connectivity index (χ4n) is 3.40. The third kappa shape index (κ3) is 3.70. The smallest absolute Gasteiger partial charge is 0.0132 e. The summed E-state index contributed by atoms with van der Waals surface area (Å²) in [7, 11) is 0. The minimum absolute atomic E-state index is 0. The summed E-state index contributed by atoms with van der Waals surface area (Å²) in [6.07, 6.45) is 9.08. The fraction of sp³-hybridized carbons (Fsp3) is 0.733. The van der Waals surface area contributed by atoms with Gasteiger partial charge in [-0.25, -0.2) is 0 Å². The maximum absolute atomic E-state index is 2.58. The second-order valence-electron chi connectivity index (χ2n) is 5.83. The van der Waals surface area contributed by atoms with Gasteiger partial charge in [-0.2, -0.15) is 0 Å². The van der Waals surface area contributed by atoms with Crippen LogP contribution in [0, 0.1) is 23.7 Å². The molecule has 0 N–H and O–H groups in total. The van der Waals surface area contributed by atoms with Crippen LogP contribution in [0.25, 0.3) is 0 Å². The van der Waals surface area contributed by atoms with Crippen LogP contribution in [0.15, 0.2) is 23.3 Å². The molecular formula is C15H26Br2. The van der Waals surface area contributed by atoms with E-state index in [4.69, 9.17) is 0 Å². The molecule has 0 heterocycles. The molecule has 0 spiro atoms. The summed E-state index contributed by atoms with van der Waals surface area (Å²) in [5, 5.41) is 0. The number of hydrogen-bond donors (Lipinski definition) is 0. The molecule has 0 aromatic heterocycles. The van der Waals surface area contributed by atoms with Crippen molar-refractivity contribution in [2.24, 2.45) is 23.7 Å². The van der Waals surface area contributed by atoms with E-state index in [-0.39, 0.29) is 34.0 Å². The van der Waals surface area contributed by atoms with E-state index in [0.717, 1.165) is 23.7 Å². The van der Waals surface area contributed by atoms with Crippen LogP contribution in [0.3, 0.4) is 0 Å². The van der Waals surface area contributed by atoms with Crippen LogP contribution in [-0.4, -0.2) is 0 Å². The first-order valence-electron chi connectivity index (χ1n) is 6.43. The molecule has 0 amide bonds. The quantitative estimate of drug-likeness (QED) is 0.520. The topological polar surface area (TPSA) is 0 Å². The lowest BCUT2D eigenvalue weighted by atomic mass is 9.64. The minimum atomic E-state index is 0. The third-order valence-corrected chi connectivity index (χ3v) is 4.44. The predicted octanol–water partition coefficient (Wildman–Crippen LogP) is 5.74. The van der Waals surface area contributed by atoms with Gasteiger partial charge in [0, 0.05) is 0 Å². The van der Waals surface area contributed by atoms with Gasteiger partial charge < -0.3 is 0 Å². The molecule has 2 rings (SSSR count). The van der Waals surface area contributed by atoms with Gasteiger partial charge in [0.05, 0.1) is 0 Å². The van der Waals surface area contributed by atoms with Gasteiger partial charge in [0.15, 0.2) is 0 Å². The SMILES string of the molecule is Br.Br.CC1=C[C@H]2[C@@H](CC1)C(C)=CC[C@H]2C(C)C. The Kier molecular flexibility index (Phi) is 7.32. The largest absolute Gasteiger partial charge is 0.114 e. The molecular weight excluding hydrogens is 340 g/mol. The van der Waals surface area contributed by atoms with Gasteiger partial charge in [0.25, 0.3) is 0 Å². The Bertz CT molecular complexity index is 302. The Hall–Kier alpha value is 0.440. The molecule has 3 atom stereocenters. The zero-order valence-corrected chi connectivity index (χ0v) is 14.8. The average Bonchev–Trinajstić information content (AvgIpc) is 2.17. The summed E-state index contributed by atoms with van der Waals surface area (Å²) >= 11 is 0. The van der Waals surface area contributed by atoms with Crippen molar-refractivity contribution in [3.63, 3.8) is 0 Å². The van der Waals surface area contributed by atoms with Crippen LogP contribution in [0.1, 0.15) is 47.0 Å². The van der Waals surface area contributed by atoms with Crippen molar-refractivity contribution in [3.8, 4) is 0 Å². The first-order chi connectivity index (χ1) is 7.09. The van der Waals surface area contributed by atoms with Gasteiger partial charge in [-0.05, 0) is 56.8 Å². The second-order valence-corrected chi connectivity index (χ2v) is 5.83. The predicted molar refractivity (Wildman–Crippen MR) is 87.3 cm³/mol. The minimum Gasteiger partial charge on any atom is -0.114 e. The van der Waals surface area contributed by atoms with Crippen molar-refractivity contribution in [2.75, 3.05) is 0 Å². The lowest BCUT2D eigenvalue weighted by molar-refractivity contribution is 0.210. The molecule has 0 unspecified atom stereocenters. The number of hydrogen-bond acceptors (Lipinski definition) is 0. The normalized spacial score (nSPS) is 31.7. The molecule has 2 heteroatoms. The maximum Gasteiger partial charge on any atom is -0.0132 e. The first-order valence-corrected chi connectivity index (χ1v) is 6.43. The van der Waals surface area contributed by atoms with Gasteiger partial charge in [-0.15, -0.1) is 34.0 Å². The first kappa shape index (κ1) is 17.4. The summed E-state index contributed by atoms with van der Waals surface area (Å²) in [6.45, 7) is 9.41. The van der Waals surface area contributed by atoms with Crippen LogP contribution in [0.4, 0.5) is 0 Å². The van der Waals surface area contributed by atoms with Crippen molar-refractivity contribution in [3.05, 3.63) is 23.3 Å². The van der Waals surface area contributed by atoms with Crippen LogP contribution >= 0.6 is 34.0 Å². The molecule has 0 nitrogen and oxygen atoms in total. The van der Waals surface area contributed by atoms with Crippen LogP contribution in [0.2, 0.25) is 0 Å². The van der Waals surface area contributed by atoms with Crippen molar-refractivity contribution in [1.82, 2.24) is 0 Å². The molecule has 17 heavy (non-hydrogen) atoms. The standard InChI is InChI=1S/C15H24.2BrH/c1-10(2)13-8-6-12(4)14-7-5-11(3)9-15(13)14;;/h6,9-10,13-15H,5,7-8H2,1-4H3;2*1H/t13-,14-,15+;;/m0../s1. The lowest BCUT2D eigenvalue weighted by Crippen LogP contribution is -2.31. The molecule has 2 aliphatic carbocycles. The van der Waals surface area contributed by atoms with E-state index in [0.29, 0.717) is 0 Å². The molecule has 0 aliphatic heterocycles. The van der Waals surface area contributed by atoms with Crippen LogP contribution in [0.5, 0.6) is 0 Å². The molecule has 0 aromatic rings. The van der Waals surface area contributed by atoms with Crippen molar-refractivity contribution in [2.45, 2.75) is 47.0 Å². The molecule has 0 aromatic carbocycles. The summed E-state index contributed by atoms with van der Waals surface area (Å²) in [6, 6.07) is 0. The van der Waals surface area contributed by atoms with E-state index in [1.54, 1.807) is 11.1 Å². The lowest BCUT2D eigenvalue weighted by Gasteiger charge is -2.41. The van der Waals surface area contributed by atoms with Gasteiger partial charge in [-0.1, -0.05) is 37.1 Å². The Morgan fingerprint density at radius 1 is 1.18 bits per heavy atom. The monoisotopic (exact) mass is 364 g/mol. The molecule has 0 saturated carbocycles. The zero-order chi connectivity index (χ0) is 11.0.